The molecule has 0 N–H and O–H groups in total. The van der Waals surface area contributed by atoms with E-state index in [1.165, 1.54) is 0 Å². The van der Waals surface area contributed by atoms with E-state index in [4.69, 9.17) is 9.47 Å². The molecule has 4 rings (SSSR count). The highest BCUT2D eigenvalue weighted by molar-refractivity contribution is 5.95. The Morgan fingerprint density at radius 1 is 1.16 bits per heavy atom. The van der Waals surface area contributed by atoms with Gasteiger partial charge in [0.1, 0.15) is 0 Å². The van der Waals surface area contributed by atoms with Gasteiger partial charge in [-0.1, -0.05) is 12.1 Å². The maximum Gasteiger partial charge on any atom is 0.338 e. The van der Waals surface area contributed by atoms with Crippen LogP contribution in [0.3, 0.4) is 0 Å². The molecule has 1 atom stereocenters. The lowest BCUT2D eigenvalue weighted by molar-refractivity contribution is 0.0186. The molecule has 0 aliphatic carbocycles. The fraction of sp³-hybridized carbons (Fsp3) is 0.385. The van der Waals surface area contributed by atoms with E-state index in [9.17, 15) is 10.1 Å². The second-order valence-electron chi connectivity index (χ2n) is 8.52. The topological polar surface area (TPSA) is 67.0 Å². The Labute approximate surface area is 189 Å². The van der Waals surface area contributed by atoms with Gasteiger partial charge in [0.2, 0.25) is 0 Å². The van der Waals surface area contributed by atoms with Crippen molar-refractivity contribution in [3.8, 4) is 17.2 Å². The number of carbonyl (C=O) groups is 1. The van der Waals surface area contributed by atoms with Crippen LogP contribution in [-0.4, -0.2) is 47.7 Å². The second kappa shape index (κ2) is 9.15. The minimum Gasteiger partial charge on any atom is -0.459 e. The first-order valence-corrected chi connectivity index (χ1v) is 11.1. The van der Waals surface area contributed by atoms with E-state index < -0.39 is 0 Å². The maximum absolute atomic E-state index is 13.0. The van der Waals surface area contributed by atoms with Gasteiger partial charge in [-0.2, -0.15) is 5.26 Å². The normalized spacial score (nSPS) is 15.6. The number of aromatic nitrogens is 1. The van der Waals surface area contributed by atoms with Crippen molar-refractivity contribution in [3.63, 3.8) is 0 Å². The highest BCUT2D eigenvalue weighted by Gasteiger charge is 2.26. The van der Waals surface area contributed by atoms with Gasteiger partial charge in [0, 0.05) is 36.6 Å². The Kier molecular flexibility index (Phi) is 6.31. The van der Waals surface area contributed by atoms with Crippen LogP contribution >= 0.6 is 0 Å². The van der Waals surface area contributed by atoms with Crippen molar-refractivity contribution in [2.24, 2.45) is 0 Å². The first kappa shape index (κ1) is 22.1. The molecule has 1 unspecified atom stereocenters. The average Bonchev–Trinajstić information content (AvgIpc) is 3.22. The molecule has 0 bridgehead atoms. The van der Waals surface area contributed by atoms with E-state index in [2.05, 4.69) is 34.6 Å². The predicted octanol–water partition coefficient (Wildman–Crippen LogP) is 4.74. The lowest BCUT2D eigenvalue weighted by atomic mass is 9.99. The fourth-order valence-corrected chi connectivity index (χ4v) is 4.51. The zero-order chi connectivity index (χ0) is 22.8. The van der Waals surface area contributed by atoms with Crippen molar-refractivity contribution < 1.29 is 14.3 Å². The van der Waals surface area contributed by atoms with Gasteiger partial charge in [-0.05, 0) is 63.1 Å². The largest absolute Gasteiger partial charge is 0.459 e. The molecule has 6 heteroatoms. The van der Waals surface area contributed by atoms with Crippen molar-refractivity contribution >= 4 is 11.5 Å². The Hall–Kier alpha value is -3.14. The average molecular weight is 432 g/mol. The monoisotopic (exact) mass is 431 g/mol. The van der Waals surface area contributed by atoms with Crippen LogP contribution in [0, 0.1) is 18.3 Å². The van der Waals surface area contributed by atoms with Gasteiger partial charge < -0.3 is 13.9 Å². The number of esters is 1. The summed E-state index contributed by atoms with van der Waals surface area (Å²) in [5, 5.41) is 9.34. The van der Waals surface area contributed by atoms with E-state index in [0.29, 0.717) is 24.3 Å². The van der Waals surface area contributed by atoms with Gasteiger partial charge in [-0.25, -0.2) is 4.79 Å². The Morgan fingerprint density at radius 3 is 2.59 bits per heavy atom. The quantitative estimate of drug-likeness (QED) is 0.546. The molecule has 0 spiro atoms. The number of nitrogens with zero attached hydrogens (tertiary/aromatic N) is 3. The first-order chi connectivity index (χ1) is 15.4. The third-order valence-corrected chi connectivity index (χ3v) is 6.11. The lowest BCUT2D eigenvalue weighted by Crippen LogP contribution is -2.39. The van der Waals surface area contributed by atoms with Gasteiger partial charge in [0.05, 0.1) is 42.0 Å². The van der Waals surface area contributed by atoms with E-state index in [1.54, 1.807) is 6.07 Å². The highest BCUT2D eigenvalue weighted by atomic mass is 16.5. The van der Waals surface area contributed by atoms with Crippen molar-refractivity contribution in [1.29, 1.82) is 5.26 Å². The summed E-state index contributed by atoms with van der Waals surface area (Å²) in [6.45, 7) is 11.0. The van der Waals surface area contributed by atoms with Crippen LogP contribution in [0.5, 0.6) is 0 Å². The van der Waals surface area contributed by atoms with Gasteiger partial charge >= 0.3 is 5.97 Å². The Bertz CT molecular complexity index is 1180. The van der Waals surface area contributed by atoms with E-state index in [-0.39, 0.29) is 18.1 Å². The fourth-order valence-electron chi connectivity index (χ4n) is 4.51. The number of fused-ring (bicyclic) bond motifs is 1. The zero-order valence-corrected chi connectivity index (χ0v) is 19.1. The van der Waals surface area contributed by atoms with Crippen molar-refractivity contribution in [2.45, 2.75) is 39.8 Å². The molecule has 3 aromatic rings. The van der Waals surface area contributed by atoms with Crippen LogP contribution in [0.1, 0.15) is 54.0 Å². The molecule has 1 aliphatic heterocycles. The highest BCUT2D eigenvalue weighted by Crippen LogP contribution is 2.34. The number of benzene rings is 1. The first-order valence-electron chi connectivity index (χ1n) is 11.1. The van der Waals surface area contributed by atoms with Crippen molar-refractivity contribution in [1.82, 2.24) is 9.30 Å². The minimum absolute atomic E-state index is 0.0962. The summed E-state index contributed by atoms with van der Waals surface area (Å²) in [4.78, 5) is 15.4. The molecular weight excluding hydrogens is 402 g/mol. The zero-order valence-electron chi connectivity index (χ0n) is 19.1. The number of carbonyl (C=O) groups excluding carboxylic acids is 1. The van der Waals surface area contributed by atoms with Crippen LogP contribution in [-0.2, 0) is 9.47 Å². The lowest BCUT2D eigenvalue weighted by Gasteiger charge is -2.34. The SMILES string of the molecule is Cc1c(C(=O)OC(C)C)cc2c(-c3cccc(C#N)c3)ccn2c1C(C)N1CCOCC1. The minimum atomic E-state index is -0.312. The number of hydrogen-bond acceptors (Lipinski definition) is 5. The molecule has 1 aromatic carbocycles. The summed E-state index contributed by atoms with van der Waals surface area (Å²) >= 11 is 0. The van der Waals surface area contributed by atoms with Gasteiger partial charge in [-0.3, -0.25) is 4.90 Å². The van der Waals surface area contributed by atoms with Crippen molar-refractivity contribution in [2.75, 3.05) is 26.3 Å². The van der Waals surface area contributed by atoms with Crippen LogP contribution in [0.25, 0.3) is 16.6 Å². The standard InChI is InChI=1S/C26H29N3O3/c1-17(2)32-26(30)23-15-24-22(21-7-5-6-20(14-21)16-27)8-9-29(24)25(18(23)3)19(4)28-10-12-31-13-11-28/h5-9,14-15,17,19H,10-13H2,1-4H3. The number of ether oxygens (including phenoxy) is 2. The molecule has 1 saturated heterocycles. The molecule has 0 saturated carbocycles. The maximum atomic E-state index is 13.0. The summed E-state index contributed by atoms with van der Waals surface area (Å²) in [6.07, 6.45) is 1.86. The van der Waals surface area contributed by atoms with Crippen LogP contribution in [0.2, 0.25) is 0 Å². The summed E-state index contributed by atoms with van der Waals surface area (Å²) in [5.41, 5.74) is 6.04. The summed E-state index contributed by atoms with van der Waals surface area (Å²) < 4.78 is 13.3. The van der Waals surface area contributed by atoms with E-state index in [1.807, 2.05) is 45.0 Å². The molecule has 1 aliphatic rings. The molecular formula is C26H29N3O3. The van der Waals surface area contributed by atoms with Gasteiger partial charge in [0.25, 0.3) is 0 Å². The molecule has 3 heterocycles. The van der Waals surface area contributed by atoms with Gasteiger partial charge in [0.15, 0.2) is 0 Å². The molecule has 0 radical (unpaired) electrons. The Balaban J connectivity index is 1.92. The summed E-state index contributed by atoms with van der Waals surface area (Å²) in [6, 6.07) is 13.8. The van der Waals surface area contributed by atoms with E-state index in [0.717, 1.165) is 41.0 Å². The number of nitriles is 1. The molecule has 1 fully saturated rings. The van der Waals surface area contributed by atoms with Gasteiger partial charge in [-0.15, -0.1) is 0 Å². The molecule has 6 nitrogen and oxygen atoms in total. The second-order valence-corrected chi connectivity index (χ2v) is 8.52. The third kappa shape index (κ3) is 4.14. The predicted molar refractivity (Wildman–Crippen MR) is 124 cm³/mol. The number of rotatable bonds is 5. The van der Waals surface area contributed by atoms with E-state index >= 15 is 0 Å². The Morgan fingerprint density at radius 2 is 1.91 bits per heavy atom. The number of pyridine rings is 1. The number of hydrogen-bond donors (Lipinski definition) is 0. The summed E-state index contributed by atoms with van der Waals surface area (Å²) in [5.74, 6) is -0.312. The third-order valence-electron chi connectivity index (χ3n) is 6.11. The molecule has 32 heavy (non-hydrogen) atoms. The molecule has 0 amide bonds. The van der Waals surface area contributed by atoms with Crippen LogP contribution in [0.15, 0.2) is 42.6 Å². The van der Waals surface area contributed by atoms with Crippen molar-refractivity contribution in [3.05, 3.63) is 65.0 Å². The molecule has 2 aromatic heterocycles. The molecule has 166 valence electrons. The summed E-state index contributed by atoms with van der Waals surface area (Å²) in [7, 11) is 0. The van der Waals surface area contributed by atoms with Crippen LogP contribution < -0.4 is 0 Å². The smallest absolute Gasteiger partial charge is 0.338 e. The van der Waals surface area contributed by atoms with Crippen LogP contribution in [0.4, 0.5) is 0 Å². The number of morpholine rings is 1.